The van der Waals surface area contributed by atoms with Gasteiger partial charge < -0.3 is 9.80 Å². The highest BCUT2D eigenvalue weighted by Gasteiger charge is 2.26. The highest BCUT2D eigenvalue weighted by Crippen LogP contribution is 2.30. The maximum absolute atomic E-state index is 11.6. The van der Waals surface area contributed by atoms with E-state index in [0.29, 0.717) is 5.69 Å². The molecule has 0 atom stereocenters. The largest absolute Gasteiger partial charge is 0.355 e. The molecule has 1 aliphatic rings. The maximum atomic E-state index is 11.6. The number of hydrogen-bond acceptors (Lipinski definition) is 5. The zero-order valence-electron chi connectivity index (χ0n) is 12.9. The molecule has 0 aromatic heterocycles. The molecule has 0 bridgehead atoms. The lowest BCUT2D eigenvalue weighted by Gasteiger charge is -2.33. The van der Waals surface area contributed by atoms with Gasteiger partial charge in [-0.25, -0.2) is 8.42 Å². The molecule has 1 aromatic carbocycles. The molecule has 1 fully saturated rings. The molecule has 0 aliphatic carbocycles. The van der Waals surface area contributed by atoms with E-state index in [-0.39, 0.29) is 10.6 Å². The van der Waals surface area contributed by atoms with Crippen LogP contribution < -0.4 is 9.80 Å². The summed E-state index contributed by atoms with van der Waals surface area (Å²) in [5, 5.41) is 11.3. The third kappa shape index (κ3) is 3.75. The van der Waals surface area contributed by atoms with Crippen LogP contribution in [0, 0.1) is 10.1 Å². The average molecular weight is 328 g/mol. The molecule has 0 amide bonds. The van der Waals surface area contributed by atoms with Crippen molar-refractivity contribution in [3.05, 3.63) is 28.3 Å². The van der Waals surface area contributed by atoms with E-state index >= 15 is 0 Å². The van der Waals surface area contributed by atoms with Crippen LogP contribution in [0.1, 0.15) is 13.3 Å². The number of benzene rings is 1. The third-order valence-corrected chi connectivity index (χ3v) is 5.10. The molecule has 0 unspecified atom stereocenters. The summed E-state index contributed by atoms with van der Waals surface area (Å²) < 4.78 is 23.1. The first-order valence-electron chi connectivity index (χ1n) is 7.40. The van der Waals surface area contributed by atoms with E-state index in [2.05, 4.69) is 6.92 Å². The second-order valence-electron chi connectivity index (χ2n) is 5.67. The molecule has 122 valence electrons. The van der Waals surface area contributed by atoms with E-state index in [1.807, 2.05) is 4.90 Å². The number of nitrogens with one attached hydrogen (secondary N) is 1. The van der Waals surface area contributed by atoms with Crippen molar-refractivity contribution in [3.63, 3.8) is 0 Å². The van der Waals surface area contributed by atoms with Gasteiger partial charge in [-0.3, -0.25) is 10.1 Å². The molecule has 0 saturated carbocycles. The summed E-state index contributed by atoms with van der Waals surface area (Å²) in [4.78, 5) is 14.3. The molecule has 1 saturated heterocycles. The zero-order valence-corrected chi connectivity index (χ0v) is 13.7. The third-order valence-electron chi connectivity index (χ3n) is 3.99. The summed E-state index contributed by atoms with van der Waals surface area (Å²) in [6, 6.07) is 4.16. The number of nitro benzene ring substituents is 1. The van der Waals surface area contributed by atoms with Gasteiger partial charge >= 0.3 is 0 Å². The van der Waals surface area contributed by atoms with Gasteiger partial charge in [-0.1, -0.05) is 6.92 Å². The molecular formula is C14H22N3O4S+. The summed E-state index contributed by atoms with van der Waals surface area (Å²) in [5.74, 6) is 0. The number of rotatable bonds is 5. The first kappa shape index (κ1) is 16.7. The van der Waals surface area contributed by atoms with Crippen LogP contribution in [0.3, 0.4) is 0 Å². The minimum atomic E-state index is -3.45. The van der Waals surface area contributed by atoms with Crippen molar-refractivity contribution >= 4 is 21.2 Å². The van der Waals surface area contributed by atoms with Crippen LogP contribution in [-0.2, 0) is 9.84 Å². The summed E-state index contributed by atoms with van der Waals surface area (Å²) in [6.45, 7) is 6.64. The van der Waals surface area contributed by atoms with Crippen molar-refractivity contribution in [2.45, 2.75) is 18.2 Å². The van der Waals surface area contributed by atoms with Crippen LogP contribution in [0.5, 0.6) is 0 Å². The van der Waals surface area contributed by atoms with Crippen molar-refractivity contribution < 1.29 is 18.2 Å². The lowest BCUT2D eigenvalue weighted by molar-refractivity contribution is -0.900. The Hall–Kier alpha value is -1.67. The smallest absolute Gasteiger partial charge is 0.293 e. The molecule has 0 spiro atoms. The van der Waals surface area contributed by atoms with E-state index in [9.17, 15) is 18.5 Å². The number of piperazine rings is 1. The Morgan fingerprint density at radius 1 is 1.32 bits per heavy atom. The average Bonchev–Trinajstić information content (AvgIpc) is 2.47. The van der Waals surface area contributed by atoms with Crippen LogP contribution in [0.2, 0.25) is 0 Å². The Labute approximate surface area is 130 Å². The van der Waals surface area contributed by atoms with Crippen molar-refractivity contribution in [1.29, 1.82) is 0 Å². The van der Waals surface area contributed by atoms with E-state index in [1.165, 1.54) is 11.0 Å². The van der Waals surface area contributed by atoms with E-state index in [1.54, 1.807) is 6.07 Å². The Bertz CT molecular complexity index is 652. The molecule has 1 aromatic rings. The van der Waals surface area contributed by atoms with Gasteiger partial charge in [-0.05, 0) is 18.6 Å². The van der Waals surface area contributed by atoms with Crippen molar-refractivity contribution in [2.24, 2.45) is 0 Å². The van der Waals surface area contributed by atoms with Crippen LogP contribution >= 0.6 is 0 Å². The van der Waals surface area contributed by atoms with Gasteiger partial charge in [0.15, 0.2) is 9.84 Å². The number of nitro groups is 1. The van der Waals surface area contributed by atoms with Crippen molar-refractivity contribution in [1.82, 2.24) is 0 Å². The molecule has 1 N–H and O–H groups in total. The molecule has 1 heterocycles. The zero-order chi connectivity index (χ0) is 16.3. The molecule has 8 heteroatoms. The summed E-state index contributed by atoms with van der Waals surface area (Å²) in [5.41, 5.74) is 0.370. The second kappa shape index (κ2) is 6.62. The van der Waals surface area contributed by atoms with Crippen LogP contribution in [0.25, 0.3) is 0 Å². The lowest BCUT2D eigenvalue weighted by Crippen LogP contribution is -3.14. The van der Waals surface area contributed by atoms with Gasteiger partial charge in [0.2, 0.25) is 0 Å². The van der Waals surface area contributed by atoms with Gasteiger partial charge in [-0.2, -0.15) is 0 Å². The Kier molecular flexibility index (Phi) is 5.02. The molecular weight excluding hydrogens is 306 g/mol. The fraction of sp³-hybridized carbons (Fsp3) is 0.571. The molecule has 1 aliphatic heterocycles. The van der Waals surface area contributed by atoms with Crippen LogP contribution in [0.4, 0.5) is 11.4 Å². The van der Waals surface area contributed by atoms with E-state index in [4.69, 9.17) is 0 Å². The first-order valence-corrected chi connectivity index (χ1v) is 9.29. The van der Waals surface area contributed by atoms with Crippen molar-refractivity contribution in [2.75, 3.05) is 43.9 Å². The van der Waals surface area contributed by atoms with E-state index < -0.39 is 14.8 Å². The number of nitrogens with zero attached hydrogens (tertiary/aromatic N) is 2. The van der Waals surface area contributed by atoms with Gasteiger partial charge in [-0.15, -0.1) is 0 Å². The van der Waals surface area contributed by atoms with Crippen LogP contribution in [-0.4, -0.2) is 52.3 Å². The SMILES string of the molecule is CCC[NH+]1CCN(c2ccc(S(C)(=O)=O)cc2[N+](=O)[O-])CC1. The summed E-state index contributed by atoms with van der Waals surface area (Å²) >= 11 is 0. The second-order valence-corrected chi connectivity index (χ2v) is 7.68. The normalized spacial score (nSPS) is 16.7. The minimum Gasteiger partial charge on any atom is -0.355 e. The standard InChI is InChI=1S/C14H21N3O4S/c1-3-6-15-7-9-16(10-8-15)13-5-4-12(22(2,20)21)11-14(13)17(18)19/h4-5,11H,3,6-10H2,1-2H3/p+1. The molecule has 7 nitrogen and oxygen atoms in total. The van der Waals surface area contributed by atoms with Gasteiger partial charge in [0.05, 0.1) is 42.5 Å². The highest BCUT2D eigenvalue weighted by atomic mass is 32.2. The Morgan fingerprint density at radius 3 is 2.45 bits per heavy atom. The monoisotopic (exact) mass is 328 g/mol. The lowest BCUT2D eigenvalue weighted by atomic mass is 10.2. The van der Waals surface area contributed by atoms with Gasteiger partial charge in [0, 0.05) is 12.3 Å². The number of hydrogen-bond donors (Lipinski definition) is 1. The molecule has 2 rings (SSSR count). The van der Waals surface area contributed by atoms with Gasteiger partial charge in [0.25, 0.3) is 5.69 Å². The Balaban J connectivity index is 2.26. The fourth-order valence-electron chi connectivity index (χ4n) is 2.81. The van der Waals surface area contributed by atoms with Gasteiger partial charge in [0.1, 0.15) is 5.69 Å². The van der Waals surface area contributed by atoms with Crippen LogP contribution in [0.15, 0.2) is 23.1 Å². The summed E-state index contributed by atoms with van der Waals surface area (Å²) in [7, 11) is -3.45. The van der Waals surface area contributed by atoms with E-state index in [0.717, 1.165) is 51.5 Å². The quantitative estimate of drug-likeness (QED) is 0.613. The Morgan fingerprint density at radius 2 is 1.95 bits per heavy atom. The molecule has 0 radical (unpaired) electrons. The topological polar surface area (TPSA) is 85.0 Å². The number of sulfone groups is 1. The first-order chi connectivity index (χ1) is 10.3. The predicted molar refractivity (Wildman–Crippen MR) is 84.3 cm³/mol. The minimum absolute atomic E-state index is 0.0156. The van der Waals surface area contributed by atoms with Crippen molar-refractivity contribution in [3.8, 4) is 0 Å². The fourth-order valence-corrected chi connectivity index (χ4v) is 3.46. The molecule has 22 heavy (non-hydrogen) atoms. The predicted octanol–water partition coefficient (Wildman–Crippen LogP) is 0.113. The summed E-state index contributed by atoms with van der Waals surface area (Å²) in [6.07, 6.45) is 2.18. The number of quaternary nitrogens is 1. The number of anilines is 1. The highest BCUT2D eigenvalue weighted by molar-refractivity contribution is 7.90. The maximum Gasteiger partial charge on any atom is 0.293 e.